The van der Waals surface area contributed by atoms with Gasteiger partial charge in [-0.1, -0.05) is 47.1 Å². The molecule has 1 heterocycles. The lowest BCUT2D eigenvalue weighted by Crippen LogP contribution is -1.92. The first-order valence-electron chi connectivity index (χ1n) is 6.35. The fraction of sp³-hybridized carbons (Fsp3) is 0.0625. The van der Waals surface area contributed by atoms with Crippen LogP contribution < -0.4 is 10.5 Å². The standard InChI is InChI=1S/C16H13ClN2O2/c1-20-13-8-7-11(17)9-12(13)14-15(21-19-16(14)18)10-5-3-2-4-6-10/h2-9H,1H3,(H2,18,19). The molecule has 0 saturated carbocycles. The Kier molecular flexibility index (Phi) is 3.54. The summed E-state index contributed by atoms with van der Waals surface area (Å²) in [5.41, 5.74) is 8.30. The summed E-state index contributed by atoms with van der Waals surface area (Å²) in [4.78, 5) is 0. The Bertz CT molecular complexity index is 769. The lowest BCUT2D eigenvalue weighted by Gasteiger charge is -2.09. The van der Waals surface area contributed by atoms with E-state index in [-0.39, 0.29) is 0 Å². The van der Waals surface area contributed by atoms with Crippen molar-refractivity contribution in [2.24, 2.45) is 0 Å². The largest absolute Gasteiger partial charge is 0.496 e. The fourth-order valence-corrected chi connectivity index (χ4v) is 2.40. The smallest absolute Gasteiger partial charge is 0.177 e. The molecule has 4 nitrogen and oxygen atoms in total. The minimum Gasteiger partial charge on any atom is -0.496 e. The van der Waals surface area contributed by atoms with Crippen molar-refractivity contribution in [2.75, 3.05) is 12.8 Å². The van der Waals surface area contributed by atoms with Gasteiger partial charge in [0, 0.05) is 16.1 Å². The van der Waals surface area contributed by atoms with Crippen molar-refractivity contribution >= 4 is 17.4 Å². The van der Waals surface area contributed by atoms with Gasteiger partial charge >= 0.3 is 0 Å². The SMILES string of the molecule is COc1ccc(Cl)cc1-c1c(N)noc1-c1ccccc1. The highest BCUT2D eigenvalue weighted by molar-refractivity contribution is 6.31. The molecule has 1 aromatic heterocycles. The highest BCUT2D eigenvalue weighted by Gasteiger charge is 2.20. The third kappa shape index (κ3) is 2.45. The zero-order chi connectivity index (χ0) is 14.8. The molecule has 0 fully saturated rings. The van der Waals surface area contributed by atoms with Gasteiger partial charge in [0.15, 0.2) is 11.6 Å². The molecule has 0 aliphatic heterocycles. The lowest BCUT2D eigenvalue weighted by molar-refractivity contribution is 0.416. The summed E-state index contributed by atoms with van der Waals surface area (Å²) in [5, 5.41) is 4.47. The Labute approximate surface area is 127 Å². The first-order valence-corrected chi connectivity index (χ1v) is 6.73. The molecule has 0 aliphatic rings. The van der Waals surface area contributed by atoms with Gasteiger partial charge in [0.2, 0.25) is 0 Å². The molecule has 0 aliphatic carbocycles. The van der Waals surface area contributed by atoms with E-state index >= 15 is 0 Å². The van der Waals surface area contributed by atoms with Gasteiger partial charge in [0.25, 0.3) is 0 Å². The molecule has 0 atom stereocenters. The molecule has 0 radical (unpaired) electrons. The molecule has 2 aromatic carbocycles. The second-order valence-corrected chi connectivity index (χ2v) is 4.92. The summed E-state index contributed by atoms with van der Waals surface area (Å²) in [6.45, 7) is 0. The van der Waals surface area contributed by atoms with Gasteiger partial charge < -0.3 is 15.0 Å². The van der Waals surface area contributed by atoms with Crippen molar-refractivity contribution in [3.8, 4) is 28.2 Å². The van der Waals surface area contributed by atoms with Crippen molar-refractivity contribution in [3.05, 3.63) is 53.6 Å². The Hall–Kier alpha value is -2.46. The summed E-state index contributed by atoms with van der Waals surface area (Å²) < 4.78 is 10.8. The van der Waals surface area contributed by atoms with E-state index in [9.17, 15) is 0 Å². The van der Waals surface area contributed by atoms with E-state index < -0.39 is 0 Å². The maximum atomic E-state index is 6.09. The molecule has 0 amide bonds. The number of anilines is 1. The van der Waals surface area contributed by atoms with E-state index in [0.29, 0.717) is 27.9 Å². The van der Waals surface area contributed by atoms with Crippen LogP contribution in [0.15, 0.2) is 53.1 Å². The Balaban J connectivity index is 2.24. The van der Waals surface area contributed by atoms with E-state index in [1.165, 1.54) is 0 Å². The molecular weight excluding hydrogens is 288 g/mol. The molecule has 0 spiro atoms. The van der Waals surface area contributed by atoms with Gasteiger partial charge in [-0.2, -0.15) is 0 Å². The van der Waals surface area contributed by atoms with Gasteiger partial charge in [-0.05, 0) is 18.2 Å². The van der Waals surface area contributed by atoms with Crippen LogP contribution in [0, 0.1) is 0 Å². The average Bonchev–Trinajstić information content (AvgIpc) is 2.89. The van der Waals surface area contributed by atoms with Crippen LogP contribution in [0.2, 0.25) is 5.02 Å². The number of ether oxygens (including phenoxy) is 1. The summed E-state index contributed by atoms with van der Waals surface area (Å²) in [7, 11) is 1.60. The summed E-state index contributed by atoms with van der Waals surface area (Å²) in [5.74, 6) is 1.55. The predicted molar refractivity (Wildman–Crippen MR) is 83.3 cm³/mol. The van der Waals surface area contributed by atoms with Gasteiger partial charge in [-0.3, -0.25) is 0 Å². The van der Waals surface area contributed by atoms with Crippen LogP contribution in [0.5, 0.6) is 5.75 Å². The number of rotatable bonds is 3. The molecule has 3 aromatic rings. The summed E-state index contributed by atoms with van der Waals surface area (Å²) >= 11 is 6.09. The number of methoxy groups -OCH3 is 1. The predicted octanol–water partition coefficient (Wildman–Crippen LogP) is 4.25. The number of nitrogen functional groups attached to an aromatic ring is 1. The van der Waals surface area contributed by atoms with Crippen LogP contribution in [0.1, 0.15) is 0 Å². The van der Waals surface area contributed by atoms with E-state index in [0.717, 1.165) is 11.1 Å². The molecule has 2 N–H and O–H groups in total. The third-order valence-corrected chi connectivity index (χ3v) is 3.42. The van der Waals surface area contributed by atoms with E-state index in [1.54, 1.807) is 25.3 Å². The van der Waals surface area contributed by atoms with Crippen LogP contribution in [0.4, 0.5) is 5.82 Å². The van der Waals surface area contributed by atoms with Crippen molar-refractivity contribution in [1.29, 1.82) is 0 Å². The Morgan fingerprint density at radius 3 is 2.62 bits per heavy atom. The van der Waals surface area contributed by atoms with Crippen LogP contribution in [-0.2, 0) is 0 Å². The van der Waals surface area contributed by atoms with Crippen LogP contribution in [0.3, 0.4) is 0 Å². The maximum Gasteiger partial charge on any atom is 0.177 e. The molecule has 3 rings (SSSR count). The Morgan fingerprint density at radius 1 is 1.14 bits per heavy atom. The second-order valence-electron chi connectivity index (χ2n) is 4.48. The zero-order valence-corrected chi connectivity index (χ0v) is 12.1. The Morgan fingerprint density at radius 2 is 1.90 bits per heavy atom. The molecule has 106 valence electrons. The maximum absolute atomic E-state index is 6.09. The van der Waals surface area contributed by atoms with Crippen molar-refractivity contribution < 1.29 is 9.26 Å². The van der Waals surface area contributed by atoms with Gasteiger partial charge in [0.05, 0.1) is 12.7 Å². The molecule has 21 heavy (non-hydrogen) atoms. The van der Waals surface area contributed by atoms with Crippen molar-refractivity contribution in [3.63, 3.8) is 0 Å². The number of benzene rings is 2. The number of halogens is 1. The monoisotopic (exact) mass is 300 g/mol. The third-order valence-electron chi connectivity index (χ3n) is 3.19. The van der Waals surface area contributed by atoms with Crippen LogP contribution >= 0.6 is 11.6 Å². The summed E-state index contributed by atoms with van der Waals surface area (Å²) in [6, 6.07) is 15.0. The highest BCUT2D eigenvalue weighted by Crippen LogP contribution is 2.41. The fourth-order valence-electron chi connectivity index (χ4n) is 2.22. The quantitative estimate of drug-likeness (QED) is 0.785. The number of hydrogen-bond donors (Lipinski definition) is 1. The van der Waals surface area contributed by atoms with Crippen LogP contribution in [-0.4, -0.2) is 12.3 Å². The number of nitrogens with two attached hydrogens (primary N) is 1. The average molecular weight is 301 g/mol. The van der Waals surface area contributed by atoms with Crippen molar-refractivity contribution in [2.45, 2.75) is 0 Å². The van der Waals surface area contributed by atoms with E-state index in [4.69, 9.17) is 26.6 Å². The lowest BCUT2D eigenvalue weighted by atomic mass is 10.0. The van der Waals surface area contributed by atoms with Gasteiger partial charge in [-0.25, -0.2) is 0 Å². The van der Waals surface area contributed by atoms with E-state index in [1.807, 2.05) is 30.3 Å². The normalized spacial score (nSPS) is 10.6. The first-order chi connectivity index (χ1) is 10.2. The minimum atomic E-state index is 0.300. The number of aromatic nitrogens is 1. The topological polar surface area (TPSA) is 61.3 Å². The first kappa shape index (κ1) is 13.5. The van der Waals surface area contributed by atoms with E-state index in [2.05, 4.69) is 5.16 Å². The van der Waals surface area contributed by atoms with Crippen molar-refractivity contribution in [1.82, 2.24) is 5.16 Å². The minimum absolute atomic E-state index is 0.300. The van der Waals surface area contributed by atoms with Crippen LogP contribution in [0.25, 0.3) is 22.5 Å². The van der Waals surface area contributed by atoms with Gasteiger partial charge in [-0.15, -0.1) is 0 Å². The molecular formula is C16H13ClN2O2. The summed E-state index contributed by atoms with van der Waals surface area (Å²) in [6.07, 6.45) is 0. The molecule has 5 heteroatoms. The highest BCUT2D eigenvalue weighted by atomic mass is 35.5. The molecule has 0 bridgehead atoms. The second kappa shape index (κ2) is 5.50. The van der Waals surface area contributed by atoms with Gasteiger partial charge in [0.1, 0.15) is 5.75 Å². The molecule has 0 saturated heterocycles. The number of hydrogen-bond acceptors (Lipinski definition) is 4. The number of nitrogens with zero attached hydrogens (tertiary/aromatic N) is 1. The molecule has 0 unspecified atom stereocenters. The zero-order valence-electron chi connectivity index (χ0n) is 11.3.